The Kier molecular flexibility index (Phi) is 4.71. The monoisotopic (exact) mass is 291 g/mol. The minimum absolute atomic E-state index is 0.0910. The van der Waals surface area contributed by atoms with Gasteiger partial charge in [-0.25, -0.2) is 4.39 Å². The largest absolute Gasteiger partial charge is 0.469 e. The van der Waals surface area contributed by atoms with Gasteiger partial charge >= 0.3 is 5.97 Å². The molecule has 0 unspecified atom stereocenters. The van der Waals surface area contributed by atoms with E-state index in [1.165, 1.54) is 25.3 Å². The molecule has 0 spiro atoms. The maximum absolute atomic E-state index is 12.8. The van der Waals surface area contributed by atoms with E-state index in [9.17, 15) is 14.0 Å². The Labute approximate surface area is 120 Å². The summed E-state index contributed by atoms with van der Waals surface area (Å²) in [6.45, 7) is 0.165. The third-order valence-electron chi connectivity index (χ3n) is 2.80. The van der Waals surface area contributed by atoms with Crippen LogP contribution < -0.4 is 5.32 Å². The molecule has 0 radical (unpaired) electrons. The summed E-state index contributed by atoms with van der Waals surface area (Å²) < 4.78 is 22.7. The highest BCUT2D eigenvalue weighted by molar-refractivity contribution is 5.92. The number of hydrogen-bond donors (Lipinski definition) is 1. The van der Waals surface area contributed by atoms with Crippen LogP contribution in [0.5, 0.6) is 0 Å². The van der Waals surface area contributed by atoms with Crippen molar-refractivity contribution in [1.29, 1.82) is 0 Å². The molecule has 0 aliphatic rings. The van der Waals surface area contributed by atoms with Crippen molar-refractivity contribution in [2.45, 2.75) is 6.42 Å². The lowest BCUT2D eigenvalue weighted by Crippen LogP contribution is -2.25. The van der Waals surface area contributed by atoms with Crippen molar-refractivity contribution < 1.29 is 23.1 Å². The first-order valence-corrected chi connectivity index (χ1v) is 6.31. The number of methoxy groups -OCH3 is 1. The summed E-state index contributed by atoms with van der Waals surface area (Å²) in [5.74, 6) is -0.576. The van der Waals surface area contributed by atoms with E-state index in [1.807, 2.05) is 0 Å². The zero-order chi connectivity index (χ0) is 15.2. The number of esters is 1. The molecule has 0 saturated heterocycles. The molecule has 2 aromatic rings. The number of furan rings is 1. The number of amides is 1. The van der Waals surface area contributed by atoms with Crippen molar-refractivity contribution in [2.75, 3.05) is 13.7 Å². The van der Waals surface area contributed by atoms with Gasteiger partial charge in [-0.3, -0.25) is 9.59 Å². The van der Waals surface area contributed by atoms with E-state index in [2.05, 4.69) is 10.1 Å². The van der Waals surface area contributed by atoms with Crippen LogP contribution in [0.2, 0.25) is 0 Å². The average molecular weight is 291 g/mol. The molecule has 1 heterocycles. The summed E-state index contributed by atoms with van der Waals surface area (Å²) in [4.78, 5) is 22.7. The Bertz CT molecular complexity index is 633. The van der Waals surface area contributed by atoms with Crippen molar-refractivity contribution in [1.82, 2.24) is 5.32 Å². The second-order valence-electron chi connectivity index (χ2n) is 4.25. The van der Waals surface area contributed by atoms with Crippen LogP contribution in [0.4, 0.5) is 4.39 Å². The summed E-state index contributed by atoms with van der Waals surface area (Å²) in [6.07, 6.45) is 0.0910. The van der Waals surface area contributed by atoms with Gasteiger partial charge in [-0.05, 0) is 36.4 Å². The van der Waals surface area contributed by atoms with Gasteiger partial charge < -0.3 is 14.5 Å². The minimum atomic E-state index is -0.424. The topological polar surface area (TPSA) is 68.5 Å². The zero-order valence-electron chi connectivity index (χ0n) is 11.4. The minimum Gasteiger partial charge on any atom is -0.469 e. The van der Waals surface area contributed by atoms with Gasteiger partial charge in [-0.2, -0.15) is 0 Å². The first-order chi connectivity index (χ1) is 10.1. The molecular weight excluding hydrogens is 277 g/mol. The van der Waals surface area contributed by atoms with E-state index in [-0.39, 0.29) is 24.5 Å². The van der Waals surface area contributed by atoms with Crippen molar-refractivity contribution in [2.24, 2.45) is 0 Å². The molecule has 110 valence electrons. The zero-order valence-corrected chi connectivity index (χ0v) is 11.4. The maximum atomic E-state index is 12.8. The molecular formula is C15H14FNO4. The number of halogens is 1. The van der Waals surface area contributed by atoms with Crippen molar-refractivity contribution in [3.05, 3.63) is 48.0 Å². The molecule has 0 aliphatic heterocycles. The molecule has 1 aromatic heterocycles. The molecule has 21 heavy (non-hydrogen) atoms. The van der Waals surface area contributed by atoms with Gasteiger partial charge in [0, 0.05) is 12.1 Å². The molecule has 0 bridgehead atoms. The van der Waals surface area contributed by atoms with Gasteiger partial charge in [0.15, 0.2) is 5.76 Å². The Morgan fingerprint density at radius 2 is 1.90 bits per heavy atom. The molecule has 2 rings (SSSR count). The maximum Gasteiger partial charge on any atom is 0.307 e. The SMILES string of the molecule is COC(=O)CCNC(=O)c1ccc(-c2ccc(F)cc2)o1. The lowest BCUT2D eigenvalue weighted by molar-refractivity contribution is -0.140. The van der Waals surface area contributed by atoms with Crippen LogP contribution >= 0.6 is 0 Å². The van der Waals surface area contributed by atoms with Crippen LogP contribution in [0.3, 0.4) is 0 Å². The third kappa shape index (κ3) is 3.92. The van der Waals surface area contributed by atoms with E-state index < -0.39 is 11.9 Å². The van der Waals surface area contributed by atoms with Gasteiger partial charge in [-0.15, -0.1) is 0 Å². The van der Waals surface area contributed by atoms with Gasteiger partial charge in [0.1, 0.15) is 11.6 Å². The molecule has 0 saturated carbocycles. The first-order valence-electron chi connectivity index (χ1n) is 6.31. The smallest absolute Gasteiger partial charge is 0.307 e. The summed E-state index contributed by atoms with van der Waals surface area (Å²) in [7, 11) is 1.28. The highest BCUT2D eigenvalue weighted by Crippen LogP contribution is 2.22. The molecule has 0 fully saturated rings. The molecule has 1 aromatic carbocycles. The molecule has 0 atom stereocenters. The Hall–Kier alpha value is -2.63. The number of carbonyl (C=O) groups is 2. The van der Waals surface area contributed by atoms with Crippen LogP contribution in [0.1, 0.15) is 17.0 Å². The number of benzene rings is 1. The van der Waals surface area contributed by atoms with Crippen LogP contribution in [0.15, 0.2) is 40.8 Å². The average Bonchev–Trinajstić information content (AvgIpc) is 2.97. The number of nitrogens with one attached hydrogen (secondary N) is 1. The van der Waals surface area contributed by atoms with Crippen molar-refractivity contribution in [3.8, 4) is 11.3 Å². The third-order valence-corrected chi connectivity index (χ3v) is 2.80. The van der Waals surface area contributed by atoms with Crippen LogP contribution in [-0.2, 0) is 9.53 Å². The van der Waals surface area contributed by atoms with E-state index in [1.54, 1.807) is 18.2 Å². The molecule has 5 nitrogen and oxygen atoms in total. The fourth-order valence-electron chi connectivity index (χ4n) is 1.70. The summed E-state index contributed by atoms with van der Waals surface area (Å²) in [5.41, 5.74) is 0.671. The van der Waals surface area contributed by atoms with Crippen LogP contribution in [0, 0.1) is 5.82 Å². The van der Waals surface area contributed by atoms with E-state index in [0.717, 1.165) is 0 Å². The Balaban J connectivity index is 1.97. The van der Waals surface area contributed by atoms with E-state index >= 15 is 0 Å². The molecule has 6 heteroatoms. The molecule has 0 aliphatic carbocycles. The first kappa shape index (κ1) is 14.8. The van der Waals surface area contributed by atoms with Gasteiger partial charge in [0.05, 0.1) is 13.5 Å². The van der Waals surface area contributed by atoms with Gasteiger partial charge in [0.2, 0.25) is 0 Å². The summed E-state index contributed by atoms with van der Waals surface area (Å²) in [5, 5.41) is 2.54. The standard InChI is InChI=1S/C15H14FNO4/c1-20-14(18)8-9-17-15(19)13-7-6-12(21-13)10-2-4-11(16)5-3-10/h2-7H,8-9H2,1H3,(H,17,19). The second kappa shape index (κ2) is 6.69. The number of hydrogen-bond acceptors (Lipinski definition) is 4. The van der Waals surface area contributed by atoms with Gasteiger partial charge in [0.25, 0.3) is 5.91 Å². The van der Waals surface area contributed by atoms with Crippen LogP contribution in [-0.4, -0.2) is 25.5 Å². The molecule has 1 amide bonds. The van der Waals surface area contributed by atoms with E-state index in [4.69, 9.17) is 4.42 Å². The number of ether oxygens (including phenoxy) is 1. The fraction of sp³-hybridized carbons (Fsp3) is 0.200. The lowest BCUT2D eigenvalue weighted by Gasteiger charge is -2.02. The summed E-state index contributed by atoms with van der Waals surface area (Å²) >= 11 is 0. The van der Waals surface area contributed by atoms with Crippen molar-refractivity contribution in [3.63, 3.8) is 0 Å². The molecule has 1 N–H and O–H groups in total. The Morgan fingerprint density at radius 3 is 2.57 bits per heavy atom. The van der Waals surface area contributed by atoms with Crippen LogP contribution in [0.25, 0.3) is 11.3 Å². The second-order valence-corrected chi connectivity index (χ2v) is 4.25. The summed E-state index contributed by atoms with van der Waals surface area (Å²) in [6, 6.07) is 8.90. The number of rotatable bonds is 5. The Morgan fingerprint density at radius 1 is 1.19 bits per heavy atom. The normalized spacial score (nSPS) is 10.2. The predicted molar refractivity (Wildman–Crippen MR) is 73.1 cm³/mol. The lowest BCUT2D eigenvalue weighted by atomic mass is 10.2. The predicted octanol–water partition coefficient (Wildman–Crippen LogP) is 2.38. The fourth-order valence-corrected chi connectivity index (χ4v) is 1.70. The number of carbonyl (C=O) groups excluding carboxylic acids is 2. The van der Waals surface area contributed by atoms with Crippen molar-refractivity contribution >= 4 is 11.9 Å². The quantitative estimate of drug-likeness (QED) is 0.859. The van der Waals surface area contributed by atoms with Gasteiger partial charge in [-0.1, -0.05) is 0 Å². The highest BCUT2D eigenvalue weighted by Gasteiger charge is 2.12. The highest BCUT2D eigenvalue weighted by atomic mass is 19.1. The van der Waals surface area contributed by atoms with E-state index in [0.29, 0.717) is 11.3 Å².